The first-order valence-electron chi connectivity index (χ1n) is 6.03. The molecule has 1 unspecified atom stereocenters. The first kappa shape index (κ1) is 14.3. The highest BCUT2D eigenvalue weighted by atomic mass is 16.5. The first-order valence-corrected chi connectivity index (χ1v) is 6.03. The van der Waals surface area contributed by atoms with E-state index >= 15 is 0 Å². The number of rotatable bonds is 6. The van der Waals surface area contributed by atoms with Gasteiger partial charge < -0.3 is 20.9 Å². The van der Waals surface area contributed by atoms with E-state index in [0.717, 1.165) is 0 Å². The summed E-state index contributed by atoms with van der Waals surface area (Å²) in [5.74, 6) is 0.168. The van der Waals surface area contributed by atoms with Crippen LogP contribution in [0.15, 0.2) is 18.2 Å². The number of nitrogen functional groups attached to an aromatic ring is 1. The third-order valence-electron chi connectivity index (χ3n) is 2.43. The van der Waals surface area contributed by atoms with Gasteiger partial charge in [0.15, 0.2) is 5.75 Å². The van der Waals surface area contributed by atoms with Crippen LogP contribution >= 0.6 is 0 Å². The second-order valence-electron chi connectivity index (χ2n) is 4.05. The van der Waals surface area contributed by atoms with Gasteiger partial charge in [-0.05, 0) is 32.4 Å². The Kier molecular flexibility index (Phi) is 5.45. The minimum Gasteiger partial charge on any atom is -0.491 e. The molecule has 0 bridgehead atoms. The van der Waals surface area contributed by atoms with Crippen LogP contribution in [-0.2, 0) is 0 Å². The van der Waals surface area contributed by atoms with Gasteiger partial charge in [-0.25, -0.2) is 0 Å². The number of ether oxygens (including phenoxy) is 1. The van der Waals surface area contributed by atoms with E-state index in [1.54, 1.807) is 25.1 Å². The minimum atomic E-state index is -0.433. The lowest BCUT2D eigenvalue weighted by Gasteiger charge is -2.13. The number of aliphatic hydroxyl groups excluding tert-OH is 1. The van der Waals surface area contributed by atoms with Crippen molar-refractivity contribution in [1.82, 2.24) is 5.32 Å². The fourth-order valence-electron chi connectivity index (χ4n) is 1.53. The summed E-state index contributed by atoms with van der Waals surface area (Å²) in [6.45, 7) is 4.37. The summed E-state index contributed by atoms with van der Waals surface area (Å²) >= 11 is 0. The summed E-state index contributed by atoms with van der Waals surface area (Å²) < 4.78 is 5.38. The van der Waals surface area contributed by atoms with Crippen LogP contribution in [0.1, 0.15) is 30.6 Å². The Balaban J connectivity index is 2.75. The fourth-order valence-corrected chi connectivity index (χ4v) is 1.53. The second kappa shape index (κ2) is 6.86. The van der Waals surface area contributed by atoms with Crippen LogP contribution in [0.2, 0.25) is 0 Å². The SMILES string of the molecule is CCOc1c(N)cccc1C(=O)NCCC(C)O. The number of anilines is 1. The van der Waals surface area contributed by atoms with Crippen molar-refractivity contribution >= 4 is 11.6 Å². The molecule has 100 valence electrons. The van der Waals surface area contributed by atoms with Crippen molar-refractivity contribution in [3.05, 3.63) is 23.8 Å². The number of carbonyl (C=O) groups excluding carboxylic acids is 1. The largest absolute Gasteiger partial charge is 0.491 e. The number of amides is 1. The predicted octanol–water partition coefficient (Wildman–Crippen LogP) is 1.17. The van der Waals surface area contributed by atoms with Gasteiger partial charge in [0.2, 0.25) is 0 Å². The molecule has 1 atom stereocenters. The Morgan fingerprint density at radius 3 is 2.89 bits per heavy atom. The molecule has 1 aromatic rings. The van der Waals surface area contributed by atoms with Gasteiger partial charge in [0, 0.05) is 6.54 Å². The van der Waals surface area contributed by atoms with E-state index in [1.807, 2.05) is 6.92 Å². The summed E-state index contributed by atoms with van der Waals surface area (Å²) in [5.41, 5.74) is 6.64. The monoisotopic (exact) mass is 252 g/mol. The molecule has 1 aromatic carbocycles. The average molecular weight is 252 g/mol. The van der Waals surface area contributed by atoms with Crippen LogP contribution in [0.4, 0.5) is 5.69 Å². The number of carbonyl (C=O) groups is 1. The van der Waals surface area contributed by atoms with Crippen LogP contribution < -0.4 is 15.8 Å². The highest BCUT2D eigenvalue weighted by Gasteiger charge is 2.14. The number of nitrogens with one attached hydrogen (secondary N) is 1. The van der Waals surface area contributed by atoms with E-state index in [-0.39, 0.29) is 5.91 Å². The molecule has 0 spiro atoms. The Morgan fingerprint density at radius 2 is 2.28 bits per heavy atom. The molecular formula is C13H20N2O3. The maximum atomic E-state index is 11.9. The molecule has 0 aliphatic heterocycles. The Hall–Kier alpha value is -1.75. The molecule has 0 radical (unpaired) electrons. The lowest BCUT2D eigenvalue weighted by atomic mass is 10.1. The maximum Gasteiger partial charge on any atom is 0.255 e. The van der Waals surface area contributed by atoms with E-state index in [9.17, 15) is 4.79 Å². The molecule has 0 aromatic heterocycles. The molecule has 5 heteroatoms. The van der Waals surface area contributed by atoms with E-state index < -0.39 is 6.10 Å². The van der Waals surface area contributed by atoms with Crippen molar-refractivity contribution in [3.63, 3.8) is 0 Å². The van der Waals surface area contributed by atoms with Crippen molar-refractivity contribution < 1.29 is 14.6 Å². The van der Waals surface area contributed by atoms with Crippen molar-refractivity contribution in [2.24, 2.45) is 0 Å². The van der Waals surface area contributed by atoms with E-state index in [4.69, 9.17) is 15.6 Å². The molecule has 0 aliphatic carbocycles. The van der Waals surface area contributed by atoms with Gasteiger partial charge in [0.25, 0.3) is 5.91 Å². The molecule has 18 heavy (non-hydrogen) atoms. The van der Waals surface area contributed by atoms with Gasteiger partial charge in [-0.15, -0.1) is 0 Å². The lowest BCUT2D eigenvalue weighted by Crippen LogP contribution is -2.27. The second-order valence-corrected chi connectivity index (χ2v) is 4.05. The minimum absolute atomic E-state index is 0.244. The van der Waals surface area contributed by atoms with Gasteiger partial charge in [0.1, 0.15) is 0 Å². The average Bonchev–Trinajstić information content (AvgIpc) is 2.31. The van der Waals surface area contributed by atoms with Crippen molar-refractivity contribution in [2.75, 3.05) is 18.9 Å². The van der Waals surface area contributed by atoms with E-state index in [0.29, 0.717) is 36.6 Å². The fraction of sp³-hybridized carbons (Fsp3) is 0.462. The number of benzene rings is 1. The third-order valence-corrected chi connectivity index (χ3v) is 2.43. The predicted molar refractivity (Wildman–Crippen MR) is 70.7 cm³/mol. The zero-order valence-corrected chi connectivity index (χ0v) is 10.8. The Labute approximate surface area is 107 Å². The zero-order valence-electron chi connectivity index (χ0n) is 10.8. The molecule has 0 fully saturated rings. The molecular weight excluding hydrogens is 232 g/mol. The van der Waals surface area contributed by atoms with Crippen LogP contribution in [0.3, 0.4) is 0 Å². The van der Waals surface area contributed by atoms with Crippen molar-refractivity contribution in [3.8, 4) is 5.75 Å². The number of hydrogen-bond donors (Lipinski definition) is 3. The summed E-state index contributed by atoms with van der Waals surface area (Å²) in [6, 6.07) is 5.07. The topological polar surface area (TPSA) is 84.6 Å². The normalized spacial score (nSPS) is 11.9. The number of aliphatic hydroxyl groups is 1. The van der Waals surface area contributed by atoms with Gasteiger partial charge in [-0.2, -0.15) is 0 Å². The third kappa shape index (κ3) is 3.92. The van der Waals surface area contributed by atoms with Gasteiger partial charge in [-0.1, -0.05) is 6.07 Å². The molecule has 0 saturated carbocycles. The van der Waals surface area contributed by atoms with E-state index in [2.05, 4.69) is 5.32 Å². The van der Waals surface area contributed by atoms with E-state index in [1.165, 1.54) is 0 Å². The summed E-state index contributed by atoms with van der Waals surface area (Å²) in [7, 11) is 0. The van der Waals surface area contributed by atoms with Crippen LogP contribution in [0.5, 0.6) is 5.75 Å². The van der Waals surface area contributed by atoms with Crippen LogP contribution in [0.25, 0.3) is 0 Å². The first-order chi connectivity index (χ1) is 8.56. The highest BCUT2D eigenvalue weighted by molar-refractivity contribution is 5.98. The van der Waals surface area contributed by atoms with Crippen molar-refractivity contribution in [2.45, 2.75) is 26.4 Å². The van der Waals surface area contributed by atoms with Gasteiger partial charge in [0.05, 0.1) is 24.0 Å². The highest BCUT2D eigenvalue weighted by Crippen LogP contribution is 2.26. The smallest absolute Gasteiger partial charge is 0.255 e. The lowest BCUT2D eigenvalue weighted by molar-refractivity contribution is 0.0942. The molecule has 4 N–H and O–H groups in total. The number of nitrogens with two attached hydrogens (primary N) is 1. The van der Waals surface area contributed by atoms with Gasteiger partial charge >= 0.3 is 0 Å². The van der Waals surface area contributed by atoms with Crippen LogP contribution in [-0.4, -0.2) is 30.3 Å². The number of hydrogen-bond acceptors (Lipinski definition) is 4. The molecule has 1 rings (SSSR count). The quantitative estimate of drug-likeness (QED) is 0.663. The molecule has 1 amide bonds. The summed E-state index contributed by atoms with van der Waals surface area (Å²) in [4.78, 5) is 11.9. The Morgan fingerprint density at radius 1 is 1.56 bits per heavy atom. The molecule has 0 heterocycles. The summed E-state index contributed by atoms with van der Waals surface area (Å²) in [6.07, 6.45) is 0.0791. The zero-order chi connectivity index (χ0) is 13.5. The van der Waals surface area contributed by atoms with Crippen molar-refractivity contribution in [1.29, 1.82) is 0 Å². The summed E-state index contributed by atoms with van der Waals surface area (Å²) in [5, 5.41) is 11.8. The molecule has 5 nitrogen and oxygen atoms in total. The molecule has 0 saturated heterocycles. The Bertz CT molecular complexity index is 405. The number of para-hydroxylation sites is 1. The molecule has 0 aliphatic rings. The van der Waals surface area contributed by atoms with Crippen LogP contribution in [0, 0.1) is 0 Å². The van der Waals surface area contributed by atoms with Gasteiger partial charge in [-0.3, -0.25) is 4.79 Å². The standard InChI is InChI=1S/C13H20N2O3/c1-3-18-12-10(5-4-6-11(12)14)13(17)15-8-7-9(2)16/h4-6,9,16H,3,7-8,14H2,1-2H3,(H,15,17). The maximum absolute atomic E-state index is 11.9.